The second-order valence-corrected chi connectivity index (χ2v) is 9.72. The van der Waals surface area contributed by atoms with Crippen LogP contribution in [0, 0.1) is 0 Å². The Kier molecular flexibility index (Phi) is 7.03. The van der Waals surface area contributed by atoms with Crippen molar-refractivity contribution in [3.05, 3.63) is 106 Å². The lowest BCUT2D eigenvalue weighted by Gasteiger charge is -2.19. The average molecular weight is 487 g/mol. The van der Waals surface area contributed by atoms with Crippen molar-refractivity contribution in [1.29, 1.82) is 0 Å². The summed E-state index contributed by atoms with van der Waals surface area (Å²) in [7, 11) is 0. The van der Waals surface area contributed by atoms with E-state index in [1.54, 1.807) is 47.1 Å². The van der Waals surface area contributed by atoms with Crippen LogP contribution in [-0.4, -0.2) is 27.0 Å². The number of nitrogens with zero attached hydrogens (tertiary/aromatic N) is 3. The molecule has 4 rings (SSSR count). The zero-order chi connectivity index (χ0) is 25.0. The maximum atomic E-state index is 13.0. The number of rotatable bonds is 6. The fraction of sp³-hybridized carbons (Fsp3) is 0.179. The molecule has 0 aliphatic carbocycles. The van der Waals surface area contributed by atoms with E-state index < -0.39 is 5.91 Å². The number of hydrogen-bond acceptors (Lipinski definition) is 4. The minimum Gasteiger partial charge on any atom is -0.507 e. The summed E-state index contributed by atoms with van der Waals surface area (Å²) in [5, 5.41) is 19.2. The number of para-hydroxylation sites is 1. The second-order valence-electron chi connectivity index (χ2n) is 9.28. The van der Waals surface area contributed by atoms with Crippen molar-refractivity contribution in [2.45, 2.75) is 32.7 Å². The molecule has 0 atom stereocenters. The van der Waals surface area contributed by atoms with Gasteiger partial charge in [-0.3, -0.25) is 9.48 Å². The smallest absolute Gasteiger partial charge is 0.289 e. The van der Waals surface area contributed by atoms with Gasteiger partial charge in [0.15, 0.2) is 0 Å². The molecule has 0 radical (unpaired) electrons. The number of amides is 1. The van der Waals surface area contributed by atoms with Gasteiger partial charge in [-0.2, -0.15) is 10.2 Å². The lowest BCUT2D eigenvalue weighted by Crippen LogP contribution is -2.22. The molecule has 0 bridgehead atoms. The van der Waals surface area contributed by atoms with Crippen LogP contribution in [0.5, 0.6) is 5.75 Å². The lowest BCUT2D eigenvalue weighted by molar-refractivity contribution is 0.0945. The molecule has 0 fully saturated rings. The number of hydrogen-bond donors (Lipinski definition) is 2. The number of carbonyl (C=O) groups is 1. The molecule has 178 valence electrons. The number of phenols is 1. The maximum Gasteiger partial charge on any atom is 0.289 e. The fourth-order valence-electron chi connectivity index (χ4n) is 3.58. The molecule has 0 aliphatic rings. The highest BCUT2D eigenvalue weighted by molar-refractivity contribution is 6.30. The van der Waals surface area contributed by atoms with Crippen molar-refractivity contribution < 1.29 is 9.90 Å². The Morgan fingerprint density at radius 2 is 1.74 bits per heavy atom. The maximum absolute atomic E-state index is 13.0. The van der Waals surface area contributed by atoms with Crippen molar-refractivity contribution in [1.82, 2.24) is 15.2 Å². The second kappa shape index (κ2) is 10.2. The monoisotopic (exact) mass is 486 g/mol. The minimum atomic E-state index is -0.407. The molecular formula is C28H27ClN4O2. The molecule has 2 N–H and O–H groups in total. The van der Waals surface area contributed by atoms with E-state index in [0.29, 0.717) is 28.5 Å². The van der Waals surface area contributed by atoms with Gasteiger partial charge in [0.25, 0.3) is 5.91 Å². The van der Waals surface area contributed by atoms with Crippen molar-refractivity contribution in [2.75, 3.05) is 0 Å². The summed E-state index contributed by atoms with van der Waals surface area (Å²) in [5.41, 5.74) is 7.23. The van der Waals surface area contributed by atoms with E-state index in [1.165, 1.54) is 11.8 Å². The van der Waals surface area contributed by atoms with Crippen molar-refractivity contribution in [3.63, 3.8) is 0 Å². The highest BCUT2D eigenvalue weighted by Crippen LogP contribution is 2.24. The number of halogens is 1. The van der Waals surface area contributed by atoms with Gasteiger partial charge in [0, 0.05) is 16.1 Å². The van der Waals surface area contributed by atoms with Gasteiger partial charge in [-0.1, -0.05) is 80.9 Å². The van der Waals surface area contributed by atoms with Crippen LogP contribution in [0.1, 0.15) is 48.0 Å². The Morgan fingerprint density at radius 3 is 2.40 bits per heavy atom. The quantitative estimate of drug-likeness (QED) is 0.258. The van der Waals surface area contributed by atoms with Crippen LogP contribution < -0.4 is 5.43 Å². The standard InChI is InChI=1S/C28H27ClN4O2/c1-28(2,3)22-12-8-19(9-13-22)18-33-25(16-24(32-33)20-10-14-23(29)15-11-20)27(35)31-30-17-21-6-4-5-7-26(21)34/h4-17,34H,18H2,1-3H3,(H,31,35)/b30-17+. The third-order valence-electron chi connectivity index (χ3n) is 5.61. The number of carbonyl (C=O) groups excluding carboxylic acids is 1. The molecule has 0 saturated heterocycles. The fourth-order valence-corrected chi connectivity index (χ4v) is 3.71. The molecule has 1 aromatic heterocycles. The molecule has 3 aromatic carbocycles. The van der Waals surface area contributed by atoms with Crippen LogP contribution in [0.15, 0.2) is 84.0 Å². The van der Waals surface area contributed by atoms with Crippen LogP contribution in [0.25, 0.3) is 11.3 Å². The number of nitrogens with one attached hydrogen (secondary N) is 1. The number of phenolic OH excluding ortho intramolecular Hbond substituents is 1. The topological polar surface area (TPSA) is 79.5 Å². The molecule has 4 aromatic rings. The molecule has 0 saturated carbocycles. The molecule has 7 heteroatoms. The first kappa shape index (κ1) is 24.2. The zero-order valence-corrected chi connectivity index (χ0v) is 20.6. The highest BCUT2D eigenvalue weighted by Gasteiger charge is 2.18. The van der Waals surface area contributed by atoms with Gasteiger partial charge in [-0.25, -0.2) is 5.43 Å². The largest absolute Gasteiger partial charge is 0.507 e. The molecular weight excluding hydrogens is 460 g/mol. The Morgan fingerprint density at radius 1 is 1.06 bits per heavy atom. The van der Waals surface area contributed by atoms with E-state index in [0.717, 1.165) is 11.1 Å². The minimum absolute atomic E-state index is 0.0578. The Balaban J connectivity index is 1.62. The van der Waals surface area contributed by atoms with Crippen molar-refractivity contribution >= 4 is 23.7 Å². The molecule has 1 heterocycles. The van der Waals surface area contributed by atoms with E-state index in [1.807, 2.05) is 12.1 Å². The molecule has 6 nitrogen and oxygen atoms in total. The summed E-state index contributed by atoms with van der Waals surface area (Å²) < 4.78 is 1.67. The molecule has 35 heavy (non-hydrogen) atoms. The summed E-state index contributed by atoms with van der Waals surface area (Å²) in [6.45, 7) is 6.94. The van der Waals surface area contributed by atoms with E-state index in [-0.39, 0.29) is 11.2 Å². The third kappa shape index (κ3) is 5.97. The first-order valence-electron chi connectivity index (χ1n) is 11.3. The van der Waals surface area contributed by atoms with E-state index in [9.17, 15) is 9.90 Å². The summed E-state index contributed by atoms with van der Waals surface area (Å²) in [5.74, 6) is -0.324. The van der Waals surface area contributed by atoms with Gasteiger partial charge < -0.3 is 5.11 Å². The van der Waals surface area contributed by atoms with Crippen LogP contribution >= 0.6 is 11.6 Å². The van der Waals surface area contributed by atoms with Crippen LogP contribution in [-0.2, 0) is 12.0 Å². The summed E-state index contributed by atoms with van der Waals surface area (Å²) in [6.07, 6.45) is 1.40. The average Bonchev–Trinajstić information content (AvgIpc) is 3.24. The van der Waals surface area contributed by atoms with Crippen molar-refractivity contribution in [2.24, 2.45) is 5.10 Å². The third-order valence-corrected chi connectivity index (χ3v) is 5.86. The van der Waals surface area contributed by atoms with E-state index in [2.05, 4.69) is 55.6 Å². The SMILES string of the molecule is CC(C)(C)c1ccc(Cn2nc(-c3ccc(Cl)cc3)cc2C(=O)N/N=C/c2ccccc2O)cc1. The van der Waals surface area contributed by atoms with E-state index >= 15 is 0 Å². The van der Waals surface area contributed by atoms with Crippen LogP contribution in [0.4, 0.5) is 0 Å². The summed E-state index contributed by atoms with van der Waals surface area (Å²) >= 11 is 6.03. The van der Waals surface area contributed by atoms with Crippen molar-refractivity contribution in [3.8, 4) is 17.0 Å². The van der Waals surface area contributed by atoms with Gasteiger partial charge in [0.05, 0.1) is 18.5 Å². The first-order chi connectivity index (χ1) is 16.7. The van der Waals surface area contributed by atoms with Crippen LogP contribution in [0.3, 0.4) is 0 Å². The summed E-state index contributed by atoms with van der Waals surface area (Å²) in [4.78, 5) is 13.0. The summed E-state index contributed by atoms with van der Waals surface area (Å²) in [6, 6.07) is 24.1. The normalized spacial score (nSPS) is 11.7. The molecule has 0 spiro atoms. The number of aromatic nitrogens is 2. The number of benzene rings is 3. The van der Waals surface area contributed by atoms with E-state index in [4.69, 9.17) is 16.7 Å². The zero-order valence-electron chi connectivity index (χ0n) is 19.9. The van der Waals surface area contributed by atoms with Gasteiger partial charge in [0.1, 0.15) is 11.4 Å². The van der Waals surface area contributed by atoms with Gasteiger partial charge in [-0.15, -0.1) is 0 Å². The number of hydrazone groups is 1. The Bertz CT molecular complexity index is 1350. The predicted molar refractivity (Wildman–Crippen MR) is 140 cm³/mol. The Labute approximate surface area is 209 Å². The first-order valence-corrected chi connectivity index (χ1v) is 11.6. The van der Waals surface area contributed by atoms with Gasteiger partial charge >= 0.3 is 0 Å². The van der Waals surface area contributed by atoms with Gasteiger partial charge in [0.2, 0.25) is 0 Å². The highest BCUT2D eigenvalue weighted by atomic mass is 35.5. The Hall–Kier alpha value is -3.90. The number of aromatic hydroxyl groups is 1. The van der Waals surface area contributed by atoms with Crippen LogP contribution in [0.2, 0.25) is 5.02 Å². The predicted octanol–water partition coefficient (Wildman–Crippen LogP) is 6.02. The molecule has 1 amide bonds. The molecule has 0 unspecified atom stereocenters. The lowest BCUT2D eigenvalue weighted by atomic mass is 9.87. The van der Waals surface area contributed by atoms with Gasteiger partial charge in [-0.05, 0) is 46.9 Å². The molecule has 0 aliphatic heterocycles.